The Balaban J connectivity index is 1.41. The second-order valence-electron chi connectivity index (χ2n) is 8.91. The molecule has 32 heavy (non-hydrogen) atoms. The van der Waals surface area contributed by atoms with Crippen molar-refractivity contribution in [3.63, 3.8) is 0 Å². The van der Waals surface area contributed by atoms with Crippen LogP contribution in [0.2, 0.25) is 10.0 Å². The van der Waals surface area contributed by atoms with Crippen molar-refractivity contribution in [2.45, 2.75) is 43.7 Å². The van der Waals surface area contributed by atoms with Gasteiger partial charge in [-0.1, -0.05) is 42.1 Å². The van der Waals surface area contributed by atoms with Crippen LogP contribution in [0.3, 0.4) is 0 Å². The van der Waals surface area contributed by atoms with Crippen LogP contribution >= 0.6 is 23.2 Å². The zero-order chi connectivity index (χ0) is 22.3. The fourth-order valence-electron chi connectivity index (χ4n) is 5.43. The number of fused-ring (bicyclic) bond motifs is 2. The van der Waals surface area contributed by atoms with Crippen molar-refractivity contribution in [3.8, 4) is 11.5 Å². The third kappa shape index (κ3) is 4.17. The highest BCUT2D eigenvalue weighted by molar-refractivity contribution is 6.36. The highest BCUT2D eigenvalue weighted by atomic mass is 35.5. The highest BCUT2D eigenvalue weighted by Crippen LogP contribution is 2.50. The molecule has 6 nitrogen and oxygen atoms in total. The van der Waals surface area contributed by atoms with Gasteiger partial charge in [-0.15, -0.1) is 0 Å². The second kappa shape index (κ2) is 8.75. The standard InChI is InChI=1S/C24H26Cl2N2O4/c25-16-5-6-19(18(26)12-16)27-22(29)13-28-10-9-24(30)8-2-1-3-17(24)23(28)15-4-7-20-21(11-15)32-14-31-20/h4-7,11-12,17,23,30H,1-3,8-10,13-14H2,(H,27,29)/t17-,23-,24-/m0/s1. The Morgan fingerprint density at radius 1 is 1.12 bits per heavy atom. The van der Waals surface area contributed by atoms with E-state index in [1.54, 1.807) is 18.2 Å². The number of aliphatic hydroxyl groups is 1. The minimum absolute atomic E-state index is 0.0530. The summed E-state index contributed by atoms with van der Waals surface area (Å²) in [6.07, 6.45) is 4.51. The van der Waals surface area contributed by atoms with Crippen LogP contribution in [-0.2, 0) is 4.79 Å². The fraction of sp³-hybridized carbons (Fsp3) is 0.458. The van der Waals surface area contributed by atoms with Crippen LogP contribution in [0, 0.1) is 5.92 Å². The van der Waals surface area contributed by atoms with Gasteiger partial charge in [-0.2, -0.15) is 0 Å². The number of carbonyl (C=O) groups excluding carboxylic acids is 1. The van der Waals surface area contributed by atoms with Crippen molar-refractivity contribution in [2.24, 2.45) is 5.92 Å². The molecule has 0 spiro atoms. The summed E-state index contributed by atoms with van der Waals surface area (Å²) in [6, 6.07) is 10.9. The predicted molar refractivity (Wildman–Crippen MR) is 123 cm³/mol. The van der Waals surface area contributed by atoms with Gasteiger partial charge in [-0.05, 0) is 55.2 Å². The van der Waals surface area contributed by atoms with Gasteiger partial charge in [0.05, 0.1) is 22.9 Å². The SMILES string of the molecule is O=C(CN1CC[C@@]2(O)CCCC[C@H]2[C@@H]1c1ccc2c(c1)OCO2)Nc1ccc(Cl)cc1Cl. The van der Waals surface area contributed by atoms with Crippen LogP contribution in [0.5, 0.6) is 11.5 Å². The summed E-state index contributed by atoms with van der Waals surface area (Å²) in [7, 11) is 0. The van der Waals surface area contributed by atoms with Crippen molar-refractivity contribution in [1.82, 2.24) is 4.90 Å². The van der Waals surface area contributed by atoms with E-state index < -0.39 is 5.60 Å². The number of nitrogens with one attached hydrogen (secondary N) is 1. The number of anilines is 1. The van der Waals surface area contributed by atoms with Crippen LogP contribution in [0.1, 0.15) is 43.7 Å². The third-order valence-corrected chi connectivity index (χ3v) is 7.51. The lowest BCUT2D eigenvalue weighted by atomic mass is 9.66. The van der Waals surface area contributed by atoms with Crippen LogP contribution in [-0.4, -0.2) is 41.4 Å². The largest absolute Gasteiger partial charge is 0.454 e. The van der Waals surface area contributed by atoms with Gasteiger partial charge in [0.2, 0.25) is 12.7 Å². The van der Waals surface area contributed by atoms with Gasteiger partial charge in [-0.3, -0.25) is 9.69 Å². The Labute approximate surface area is 197 Å². The monoisotopic (exact) mass is 476 g/mol. The molecule has 1 aliphatic carbocycles. The van der Waals surface area contributed by atoms with Crippen molar-refractivity contribution in [2.75, 3.05) is 25.2 Å². The van der Waals surface area contributed by atoms with Crippen molar-refractivity contribution in [1.29, 1.82) is 0 Å². The zero-order valence-electron chi connectivity index (χ0n) is 17.7. The average Bonchev–Trinajstić information content (AvgIpc) is 3.23. The number of benzene rings is 2. The predicted octanol–water partition coefficient (Wildman–Crippen LogP) is 5.03. The van der Waals surface area contributed by atoms with E-state index in [-0.39, 0.29) is 31.2 Å². The van der Waals surface area contributed by atoms with E-state index in [1.165, 1.54) is 0 Å². The molecule has 1 amide bonds. The average molecular weight is 477 g/mol. The van der Waals surface area contributed by atoms with E-state index in [0.717, 1.165) is 37.0 Å². The summed E-state index contributed by atoms with van der Waals surface area (Å²) in [5.41, 5.74) is 0.870. The molecule has 8 heteroatoms. The first-order chi connectivity index (χ1) is 15.4. The maximum Gasteiger partial charge on any atom is 0.238 e. The van der Waals surface area contributed by atoms with E-state index in [0.29, 0.717) is 34.4 Å². The van der Waals surface area contributed by atoms with E-state index in [9.17, 15) is 9.90 Å². The molecule has 0 radical (unpaired) electrons. The molecule has 2 aromatic rings. The van der Waals surface area contributed by atoms with Gasteiger partial charge in [0, 0.05) is 23.5 Å². The molecular formula is C24H26Cl2N2O4. The van der Waals surface area contributed by atoms with E-state index in [1.807, 2.05) is 18.2 Å². The van der Waals surface area contributed by atoms with Gasteiger partial charge in [0.25, 0.3) is 0 Å². The minimum Gasteiger partial charge on any atom is -0.454 e. The van der Waals surface area contributed by atoms with Crippen LogP contribution in [0.15, 0.2) is 36.4 Å². The Hall–Kier alpha value is -1.99. The summed E-state index contributed by atoms with van der Waals surface area (Å²) in [5, 5.41) is 15.3. The van der Waals surface area contributed by atoms with Crippen LogP contribution < -0.4 is 14.8 Å². The Morgan fingerprint density at radius 2 is 1.97 bits per heavy atom. The van der Waals surface area contributed by atoms with E-state index in [4.69, 9.17) is 32.7 Å². The van der Waals surface area contributed by atoms with Gasteiger partial charge in [0.15, 0.2) is 11.5 Å². The smallest absolute Gasteiger partial charge is 0.238 e. The maximum absolute atomic E-state index is 13.0. The first kappa shape index (κ1) is 21.8. The molecule has 2 heterocycles. The molecule has 170 valence electrons. The highest BCUT2D eigenvalue weighted by Gasteiger charge is 2.49. The fourth-order valence-corrected chi connectivity index (χ4v) is 5.88. The Kier molecular flexibility index (Phi) is 5.97. The van der Waals surface area contributed by atoms with Crippen molar-refractivity contribution in [3.05, 3.63) is 52.0 Å². The summed E-state index contributed by atoms with van der Waals surface area (Å²) in [5.74, 6) is 1.34. The normalized spacial score (nSPS) is 27.1. The lowest BCUT2D eigenvalue weighted by Crippen LogP contribution is -2.56. The lowest BCUT2D eigenvalue weighted by Gasteiger charge is -2.52. The topological polar surface area (TPSA) is 71.0 Å². The maximum atomic E-state index is 13.0. The number of carbonyl (C=O) groups is 1. The van der Waals surface area contributed by atoms with Gasteiger partial charge in [0.1, 0.15) is 0 Å². The molecule has 2 N–H and O–H groups in total. The Bertz CT molecular complexity index is 1030. The first-order valence-corrected chi connectivity index (χ1v) is 11.8. The molecule has 0 unspecified atom stereocenters. The molecule has 3 aliphatic rings. The number of hydrogen-bond donors (Lipinski definition) is 2. The van der Waals surface area contributed by atoms with E-state index in [2.05, 4.69) is 10.2 Å². The van der Waals surface area contributed by atoms with Crippen LogP contribution in [0.25, 0.3) is 0 Å². The number of piperidine rings is 1. The van der Waals surface area contributed by atoms with Crippen LogP contribution in [0.4, 0.5) is 5.69 Å². The molecule has 0 bridgehead atoms. The summed E-state index contributed by atoms with van der Waals surface area (Å²) < 4.78 is 11.1. The Morgan fingerprint density at radius 3 is 2.81 bits per heavy atom. The molecule has 1 saturated carbocycles. The molecule has 3 atom stereocenters. The number of ether oxygens (including phenoxy) is 2. The number of hydrogen-bond acceptors (Lipinski definition) is 5. The second-order valence-corrected chi connectivity index (χ2v) is 9.75. The quantitative estimate of drug-likeness (QED) is 0.647. The summed E-state index contributed by atoms with van der Waals surface area (Å²) in [6.45, 7) is 1.04. The molecular weight excluding hydrogens is 451 g/mol. The molecule has 1 saturated heterocycles. The lowest BCUT2D eigenvalue weighted by molar-refractivity contribution is -0.135. The van der Waals surface area contributed by atoms with E-state index >= 15 is 0 Å². The molecule has 5 rings (SSSR count). The molecule has 0 aromatic heterocycles. The number of likely N-dealkylation sites (tertiary alicyclic amines) is 1. The number of nitrogens with zero attached hydrogens (tertiary/aromatic N) is 1. The summed E-state index contributed by atoms with van der Waals surface area (Å²) in [4.78, 5) is 15.1. The number of halogens is 2. The number of amides is 1. The number of rotatable bonds is 4. The zero-order valence-corrected chi connectivity index (χ0v) is 19.2. The van der Waals surface area contributed by atoms with Crippen molar-refractivity contribution < 1.29 is 19.4 Å². The molecule has 2 aliphatic heterocycles. The van der Waals surface area contributed by atoms with Gasteiger partial charge in [-0.25, -0.2) is 0 Å². The van der Waals surface area contributed by atoms with Gasteiger partial charge < -0.3 is 19.9 Å². The third-order valence-electron chi connectivity index (χ3n) is 6.96. The van der Waals surface area contributed by atoms with Crippen molar-refractivity contribution >= 4 is 34.8 Å². The minimum atomic E-state index is -0.703. The summed E-state index contributed by atoms with van der Waals surface area (Å²) >= 11 is 12.2. The van der Waals surface area contributed by atoms with Gasteiger partial charge >= 0.3 is 0 Å². The molecule has 2 fully saturated rings. The first-order valence-electron chi connectivity index (χ1n) is 11.0. The molecule has 2 aromatic carbocycles.